The Morgan fingerprint density at radius 2 is 1.94 bits per heavy atom. The van der Waals surface area contributed by atoms with Crippen LogP contribution in [0.4, 0.5) is 17.6 Å². The van der Waals surface area contributed by atoms with E-state index in [4.69, 9.17) is 0 Å². The Hall–Kier alpha value is -1.36. The smallest absolute Gasteiger partial charge is 0.309 e. The zero-order valence-corrected chi connectivity index (χ0v) is 9.37. The van der Waals surface area contributed by atoms with Crippen LogP contribution in [0, 0.1) is 5.82 Å². The Bertz CT molecular complexity index is 409. The SMILES string of the molecule is C=C(C)CNCc1cc(F)cc(C(F)(F)F)c1. The predicted octanol–water partition coefficient (Wildman–Crippen LogP) is 3.51. The summed E-state index contributed by atoms with van der Waals surface area (Å²) in [7, 11) is 0. The lowest BCUT2D eigenvalue weighted by atomic mass is 10.1. The maximum Gasteiger partial charge on any atom is 0.416 e. The van der Waals surface area contributed by atoms with Gasteiger partial charge in [-0.15, -0.1) is 0 Å². The lowest BCUT2D eigenvalue weighted by molar-refractivity contribution is -0.137. The number of benzene rings is 1. The summed E-state index contributed by atoms with van der Waals surface area (Å²) in [5.74, 6) is -0.882. The molecular weight excluding hydrogens is 234 g/mol. The Morgan fingerprint density at radius 1 is 1.29 bits per heavy atom. The van der Waals surface area contributed by atoms with Gasteiger partial charge in [0.2, 0.25) is 0 Å². The van der Waals surface area contributed by atoms with E-state index in [0.717, 1.165) is 17.7 Å². The van der Waals surface area contributed by atoms with E-state index in [-0.39, 0.29) is 12.1 Å². The normalized spacial score (nSPS) is 11.6. The maximum absolute atomic E-state index is 13.0. The van der Waals surface area contributed by atoms with E-state index < -0.39 is 17.6 Å². The molecule has 1 aromatic carbocycles. The molecule has 0 radical (unpaired) electrons. The van der Waals surface area contributed by atoms with Crippen molar-refractivity contribution in [2.75, 3.05) is 6.54 Å². The molecule has 5 heteroatoms. The topological polar surface area (TPSA) is 12.0 Å². The fourth-order valence-electron chi connectivity index (χ4n) is 1.34. The van der Waals surface area contributed by atoms with Crippen molar-refractivity contribution in [1.82, 2.24) is 5.32 Å². The number of hydrogen-bond acceptors (Lipinski definition) is 1. The van der Waals surface area contributed by atoms with Gasteiger partial charge in [0.15, 0.2) is 0 Å². The highest BCUT2D eigenvalue weighted by molar-refractivity contribution is 5.26. The molecule has 1 aromatic rings. The van der Waals surface area contributed by atoms with Crippen molar-refractivity contribution in [2.45, 2.75) is 19.6 Å². The molecule has 0 aliphatic heterocycles. The van der Waals surface area contributed by atoms with Gasteiger partial charge in [-0.3, -0.25) is 0 Å². The Labute approximate surface area is 97.1 Å². The minimum absolute atomic E-state index is 0.174. The van der Waals surface area contributed by atoms with Crippen molar-refractivity contribution in [3.8, 4) is 0 Å². The summed E-state index contributed by atoms with van der Waals surface area (Å²) >= 11 is 0. The lowest BCUT2D eigenvalue weighted by Crippen LogP contribution is -2.16. The molecule has 0 saturated carbocycles. The average Bonchev–Trinajstić information content (AvgIpc) is 2.14. The second-order valence-electron chi connectivity index (χ2n) is 3.91. The van der Waals surface area contributed by atoms with Gasteiger partial charge in [-0.1, -0.05) is 12.2 Å². The lowest BCUT2D eigenvalue weighted by Gasteiger charge is -2.10. The highest BCUT2D eigenvalue weighted by atomic mass is 19.4. The van der Waals surface area contributed by atoms with E-state index in [9.17, 15) is 17.6 Å². The molecule has 0 aliphatic carbocycles. The number of hydrogen-bond donors (Lipinski definition) is 1. The molecule has 0 fully saturated rings. The van der Waals surface area contributed by atoms with E-state index in [0.29, 0.717) is 12.6 Å². The first-order chi connectivity index (χ1) is 7.79. The van der Waals surface area contributed by atoms with E-state index in [1.165, 1.54) is 0 Å². The first-order valence-corrected chi connectivity index (χ1v) is 5.01. The van der Waals surface area contributed by atoms with Crippen molar-refractivity contribution in [3.05, 3.63) is 47.3 Å². The summed E-state index contributed by atoms with van der Waals surface area (Å²) in [5, 5.41) is 2.87. The van der Waals surface area contributed by atoms with Gasteiger partial charge < -0.3 is 5.32 Å². The summed E-state index contributed by atoms with van der Waals surface area (Å²) in [6.45, 7) is 6.09. The number of halogens is 4. The summed E-state index contributed by atoms with van der Waals surface area (Å²) in [6.07, 6.45) is -4.52. The second-order valence-corrected chi connectivity index (χ2v) is 3.91. The van der Waals surface area contributed by atoms with Crippen LogP contribution < -0.4 is 5.32 Å². The fraction of sp³-hybridized carbons (Fsp3) is 0.333. The minimum atomic E-state index is -4.52. The fourth-order valence-corrected chi connectivity index (χ4v) is 1.34. The summed E-state index contributed by atoms with van der Waals surface area (Å²) in [4.78, 5) is 0. The van der Waals surface area contributed by atoms with Crippen LogP contribution in [0.2, 0.25) is 0 Å². The van der Waals surface area contributed by atoms with Gasteiger partial charge in [0.1, 0.15) is 5.82 Å². The zero-order valence-electron chi connectivity index (χ0n) is 9.37. The third-order valence-corrected chi connectivity index (χ3v) is 2.04. The predicted molar refractivity (Wildman–Crippen MR) is 57.9 cm³/mol. The first-order valence-electron chi connectivity index (χ1n) is 5.01. The van der Waals surface area contributed by atoms with E-state index in [1.54, 1.807) is 6.92 Å². The van der Waals surface area contributed by atoms with Crippen LogP contribution in [0.1, 0.15) is 18.1 Å². The third kappa shape index (κ3) is 4.56. The summed E-state index contributed by atoms with van der Waals surface area (Å²) in [5.41, 5.74) is 0.153. The molecule has 0 bridgehead atoms. The molecule has 94 valence electrons. The average molecular weight is 247 g/mol. The highest BCUT2D eigenvalue weighted by Crippen LogP contribution is 2.30. The van der Waals surface area contributed by atoms with Crippen molar-refractivity contribution in [3.63, 3.8) is 0 Å². The molecule has 1 N–H and O–H groups in total. The van der Waals surface area contributed by atoms with Crippen LogP contribution in [-0.4, -0.2) is 6.54 Å². The van der Waals surface area contributed by atoms with Crippen molar-refractivity contribution in [1.29, 1.82) is 0 Å². The van der Waals surface area contributed by atoms with Gasteiger partial charge >= 0.3 is 6.18 Å². The van der Waals surface area contributed by atoms with Crippen molar-refractivity contribution >= 4 is 0 Å². The monoisotopic (exact) mass is 247 g/mol. The van der Waals surface area contributed by atoms with Gasteiger partial charge in [0, 0.05) is 13.1 Å². The molecule has 17 heavy (non-hydrogen) atoms. The van der Waals surface area contributed by atoms with Gasteiger partial charge in [0.25, 0.3) is 0 Å². The Balaban J connectivity index is 2.79. The number of alkyl halides is 3. The largest absolute Gasteiger partial charge is 0.416 e. The van der Waals surface area contributed by atoms with E-state index >= 15 is 0 Å². The number of rotatable bonds is 4. The molecule has 0 aliphatic rings. The summed E-state index contributed by atoms with van der Waals surface area (Å²) < 4.78 is 50.2. The third-order valence-electron chi connectivity index (χ3n) is 2.04. The molecule has 0 amide bonds. The molecule has 0 saturated heterocycles. The quantitative estimate of drug-likeness (QED) is 0.634. The van der Waals surface area contributed by atoms with Crippen molar-refractivity contribution in [2.24, 2.45) is 0 Å². The van der Waals surface area contributed by atoms with E-state index in [1.807, 2.05) is 0 Å². The zero-order chi connectivity index (χ0) is 13.1. The molecule has 0 unspecified atom stereocenters. The maximum atomic E-state index is 13.0. The van der Waals surface area contributed by atoms with Crippen LogP contribution in [0.15, 0.2) is 30.4 Å². The highest BCUT2D eigenvalue weighted by Gasteiger charge is 2.31. The second kappa shape index (κ2) is 5.31. The molecule has 0 spiro atoms. The van der Waals surface area contributed by atoms with Crippen LogP contribution in [0.25, 0.3) is 0 Å². The van der Waals surface area contributed by atoms with Gasteiger partial charge in [-0.25, -0.2) is 4.39 Å². The van der Waals surface area contributed by atoms with Crippen LogP contribution in [0.5, 0.6) is 0 Å². The standard InChI is InChI=1S/C12H13F4N/c1-8(2)6-17-7-9-3-10(12(14,15)16)5-11(13)4-9/h3-5,17H,1,6-7H2,2H3. The minimum Gasteiger partial charge on any atom is -0.309 e. The molecule has 0 heterocycles. The van der Waals surface area contributed by atoms with Gasteiger partial charge in [-0.05, 0) is 30.7 Å². The van der Waals surface area contributed by atoms with Crippen molar-refractivity contribution < 1.29 is 17.6 Å². The number of nitrogens with one attached hydrogen (secondary N) is 1. The van der Waals surface area contributed by atoms with E-state index in [2.05, 4.69) is 11.9 Å². The van der Waals surface area contributed by atoms with Gasteiger partial charge in [0.05, 0.1) is 5.56 Å². The molecule has 1 rings (SSSR count). The Kier molecular flexibility index (Phi) is 4.28. The molecule has 0 aromatic heterocycles. The van der Waals surface area contributed by atoms with Crippen LogP contribution in [-0.2, 0) is 12.7 Å². The van der Waals surface area contributed by atoms with Crippen LogP contribution in [0.3, 0.4) is 0 Å². The van der Waals surface area contributed by atoms with Gasteiger partial charge in [-0.2, -0.15) is 13.2 Å². The molecule has 0 atom stereocenters. The first kappa shape index (κ1) is 13.7. The Morgan fingerprint density at radius 3 is 2.47 bits per heavy atom. The molecule has 1 nitrogen and oxygen atoms in total. The molecular formula is C12H13F4N. The summed E-state index contributed by atoms with van der Waals surface area (Å²) in [6, 6.07) is 2.51. The van der Waals surface area contributed by atoms with Crippen LogP contribution >= 0.6 is 0 Å².